The summed E-state index contributed by atoms with van der Waals surface area (Å²) < 4.78 is 38.9. The van der Waals surface area contributed by atoms with Crippen molar-refractivity contribution < 1.29 is 18.0 Å². The first-order valence-electron chi connectivity index (χ1n) is 5.49. The van der Waals surface area contributed by atoms with Gasteiger partial charge in [0, 0.05) is 0 Å². The molecule has 2 aromatic carbocycles. The maximum atomic E-state index is 13.3. The third kappa shape index (κ3) is 3.31. The lowest BCUT2D eigenvalue weighted by Crippen LogP contribution is -1.99. The Morgan fingerprint density at radius 1 is 0.895 bits per heavy atom. The van der Waals surface area contributed by atoms with Crippen LogP contribution in [0.2, 0.25) is 0 Å². The van der Waals surface area contributed by atoms with Gasteiger partial charge in [0.2, 0.25) is 0 Å². The third-order valence-electron chi connectivity index (χ3n) is 2.49. The van der Waals surface area contributed by atoms with Crippen LogP contribution in [0.15, 0.2) is 48.5 Å². The molecule has 0 N–H and O–H groups in total. The van der Waals surface area contributed by atoms with E-state index in [0.717, 1.165) is 24.3 Å². The minimum atomic E-state index is -0.782. The van der Waals surface area contributed by atoms with Crippen LogP contribution in [0.3, 0.4) is 0 Å². The second-order valence-corrected chi connectivity index (χ2v) is 3.87. The van der Waals surface area contributed by atoms with E-state index in [9.17, 15) is 18.0 Å². The van der Waals surface area contributed by atoms with Gasteiger partial charge in [0.15, 0.2) is 5.78 Å². The predicted molar refractivity (Wildman–Crippen MR) is 66.1 cm³/mol. The topological polar surface area (TPSA) is 17.1 Å². The van der Waals surface area contributed by atoms with Crippen molar-refractivity contribution in [2.75, 3.05) is 0 Å². The Morgan fingerprint density at radius 3 is 2.21 bits per heavy atom. The van der Waals surface area contributed by atoms with Crippen molar-refractivity contribution in [1.29, 1.82) is 0 Å². The molecule has 1 nitrogen and oxygen atoms in total. The Balaban J connectivity index is 2.21. The third-order valence-corrected chi connectivity index (χ3v) is 2.49. The average Bonchev–Trinajstić information content (AvgIpc) is 2.40. The number of hydrogen-bond donors (Lipinski definition) is 0. The molecule has 0 aliphatic rings. The number of ketones is 1. The molecule has 0 radical (unpaired) electrons. The lowest BCUT2D eigenvalue weighted by atomic mass is 10.1. The Morgan fingerprint density at radius 2 is 1.53 bits per heavy atom. The lowest BCUT2D eigenvalue weighted by Gasteiger charge is -1.98. The van der Waals surface area contributed by atoms with Crippen LogP contribution in [0.1, 0.15) is 15.9 Å². The Hall–Kier alpha value is -2.36. The lowest BCUT2D eigenvalue weighted by molar-refractivity contribution is 0.104. The largest absolute Gasteiger partial charge is 0.289 e. The van der Waals surface area contributed by atoms with Crippen LogP contribution in [0.4, 0.5) is 13.2 Å². The van der Waals surface area contributed by atoms with Crippen molar-refractivity contribution in [3.05, 3.63) is 77.1 Å². The summed E-state index contributed by atoms with van der Waals surface area (Å²) in [5, 5.41) is 0. The smallest absolute Gasteiger partial charge is 0.188 e. The molecule has 2 rings (SSSR count). The van der Waals surface area contributed by atoms with Gasteiger partial charge in [-0.2, -0.15) is 0 Å². The fourth-order valence-corrected chi connectivity index (χ4v) is 1.52. The molecule has 0 amide bonds. The molecular weight excluding hydrogens is 253 g/mol. The van der Waals surface area contributed by atoms with Crippen LogP contribution < -0.4 is 0 Å². The van der Waals surface area contributed by atoms with Gasteiger partial charge in [0.05, 0.1) is 5.56 Å². The molecule has 0 aromatic heterocycles. The highest BCUT2D eigenvalue weighted by Gasteiger charge is 2.09. The van der Waals surface area contributed by atoms with Gasteiger partial charge >= 0.3 is 0 Å². The minimum Gasteiger partial charge on any atom is -0.289 e. The minimum absolute atomic E-state index is 0.335. The Kier molecular flexibility index (Phi) is 3.80. The summed E-state index contributed by atoms with van der Waals surface area (Å²) in [5.41, 5.74) is 0.255. The molecular formula is C15H9F3O. The number of halogens is 3. The Labute approximate surface area is 108 Å². The summed E-state index contributed by atoms with van der Waals surface area (Å²) in [6, 6.07) is 8.11. The molecule has 2 aromatic rings. The van der Waals surface area contributed by atoms with Gasteiger partial charge in [-0.3, -0.25) is 4.79 Å². The molecule has 0 spiro atoms. The van der Waals surface area contributed by atoms with Gasteiger partial charge < -0.3 is 0 Å². The second-order valence-electron chi connectivity index (χ2n) is 3.87. The fourth-order valence-electron chi connectivity index (χ4n) is 1.52. The van der Waals surface area contributed by atoms with Crippen LogP contribution in [0, 0.1) is 17.5 Å². The van der Waals surface area contributed by atoms with Crippen molar-refractivity contribution in [3.8, 4) is 0 Å². The van der Waals surface area contributed by atoms with Crippen LogP contribution in [-0.2, 0) is 0 Å². The Bertz CT molecular complexity index is 630. The molecule has 0 saturated heterocycles. The first-order valence-corrected chi connectivity index (χ1v) is 5.49. The van der Waals surface area contributed by atoms with E-state index < -0.39 is 17.4 Å². The number of allylic oxidation sites excluding steroid dienone is 1. The van der Waals surface area contributed by atoms with E-state index in [0.29, 0.717) is 5.56 Å². The summed E-state index contributed by atoms with van der Waals surface area (Å²) in [4.78, 5) is 11.7. The normalized spacial score (nSPS) is 10.9. The van der Waals surface area contributed by atoms with Crippen molar-refractivity contribution >= 4 is 11.9 Å². The molecule has 0 fully saturated rings. The zero-order chi connectivity index (χ0) is 13.8. The average molecular weight is 262 g/mol. The number of hydrogen-bond acceptors (Lipinski definition) is 1. The molecule has 0 bridgehead atoms. The molecule has 0 aliphatic heterocycles. The number of carbonyl (C=O) groups excluding carboxylic acids is 1. The van der Waals surface area contributed by atoms with E-state index in [1.165, 1.54) is 30.3 Å². The molecule has 4 heteroatoms. The van der Waals surface area contributed by atoms with Gasteiger partial charge in [-0.1, -0.05) is 18.2 Å². The first kappa shape index (κ1) is 13.1. The van der Waals surface area contributed by atoms with Gasteiger partial charge in [0.25, 0.3) is 0 Å². The zero-order valence-electron chi connectivity index (χ0n) is 9.74. The molecule has 19 heavy (non-hydrogen) atoms. The highest BCUT2D eigenvalue weighted by molar-refractivity contribution is 6.06. The first-order chi connectivity index (χ1) is 9.06. The zero-order valence-corrected chi connectivity index (χ0v) is 9.74. The standard InChI is InChI=1S/C15H9F3O/c16-11-4-1-10(2-5-11)3-8-15(19)13-9-12(17)6-7-14(13)18/h1-9H/b8-3+. The monoisotopic (exact) mass is 262 g/mol. The van der Waals surface area contributed by atoms with E-state index in [1.807, 2.05) is 0 Å². The summed E-state index contributed by atoms with van der Waals surface area (Å²) in [5.74, 6) is -2.50. The number of rotatable bonds is 3. The van der Waals surface area contributed by atoms with Crippen molar-refractivity contribution in [2.45, 2.75) is 0 Å². The van der Waals surface area contributed by atoms with E-state index >= 15 is 0 Å². The highest BCUT2D eigenvalue weighted by Crippen LogP contribution is 2.12. The van der Waals surface area contributed by atoms with Crippen LogP contribution in [0.25, 0.3) is 6.08 Å². The van der Waals surface area contributed by atoms with Gasteiger partial charge in [-0.25, -0.2) is 13.2 Å². The molecule has 0 aliphatic carbocycles. The molecule has 96 valence electrons. The second kappa shape index (κ2) is 5.52. The van der Waals surface area contributed by atoms with Crippen molar-refractivity contribution in [3.63, 3.8) is 0 Å². The summed E-state index contributed by atoms with van der Waals surface area (Å²) >= 11 is 0. The highest BCUT2D eigenvalue weighted by atomic mass is 19.1. The van der Waals surface area contributed by atoms with E-state index in [-0.39, 0.29) is 11.4 Å². The molecule has 0 heterocycles. The van der Waals surface area contributed by atoms with E-state index in [4.69, 9.17) is 0 Å². The van der Waals surface area contributed by atoms with Crippen molar-refractivity contribution in [1.82, 2.24) is 0 Å². The quantitative estimate of drug-likeness (QED) is 0.603. The van der Waals surface area contributed by atoms with Crippen LogP contribution in [-0.4, -0.2) is 5.78 Å². The van der Waals surface area contributed by atoms with Crippen molar-refractivity contribution in [2.24, 2.45) is 0 Å². The molecule has 0 unspecified atom stereocenters. The SMILES string of the molecule is O=C(/C=C/c1ccc(F)cc1)c1cc(F)ccc1F. The summed E-state index contributed by atoms with van der Waals surface area (Å²) in [6.45, 7) is 0. The van der Waals surface area contributed by atoms with E-state index in [1.54, 1.807) is 0 Å². The predicted octanol–water partition coefficient (Wildman–Crippen LogP) is 4.00. The maximum Gasteiger partial charge on any atom is 0.188 e. The van der Waals surface area contributed by atoms with E-state index in [2.05, 4.69) is 0 Å². The maximum absolute atomic E-state index is 13.3. The summed E-state index contributed by atoms with van der Waals surface area (Å²) in [6.07, 6.45) is 2.53. The van der Waals surface area contributed by atoms with Gasteiger partial charge in [-0.05, 0) is 42.0 Å². The van der Waals surface area contributed by atoms with Crippen LogP contribution >= 0.6 is 0 Å². The molecule has 0 saturated carbocycles. The summed E-state index contributed by atoms with van der Waals surface area (Å²) in [7, 11) is 0. The van der Waals surface area contributed by atoms with Gasteiger partial charge in [-0.15, -0.1) is 0 Å². The number of carbonyl (C=O) groups is 1. The molecule has 0 atom stereocenters. The van der Waals surface area contributed by atoms with Gasteiger partial charge in [0.1, 0.15) is 17.5 Å². The van der Waals surface area contributed by atoms with Crippen LogP contribution in [0.5, 0.6) is 0 Å². The fraction of sp³-hybridized carbons (Fsp3) is 0. The number of benzene rings is 2.